The summed E-state index contributed by atoms with van der Waals surface area (Å²) in [7, 11) is 0. The molecule has 0 saturated heterocycles. The van der Waals surface area contributed by atoms with E-state index in [1.807, 2.05) is 41.2 Å². The third-order valence-corrected chi connectivity index (χ3v) is 3.49. The van der Waals surface area contributed by atoms with Crippen molar-refractivity contribution < 1.29 is 4.74 Å². The van der Waals surface area contributed by atoms with E-state index < -0.39 is 0 Å². The molecule has 4 nitrogen and oxygen atoms in total. The van der Waals surface area contributed by atoms with Gasteiger partial charge in [0.25, 0.3) is 0 Å². The second-order valence-electron chi connectivity index (χ2n) is 5.13. The maximum absolute atomic E-state index is 5.91. The van der Waals surface area contributed by atoms with Crippen LogP contribution in [0.2, 0.25) is 0 Å². The fourth-order valence-electron chi connectivity index (χ4n) is 2.13. The van der Waals surface area contributed by atoms with Gasteiger partial charge in [-0.05, 0) is 31.4 Å². The van der Waals surface area contributed by atoms with Crippen LogP contribution < -0.4 is 4.74 Å². The van der Waals surface area contributed by atoms with E-state index >= 15 is 0 Å². The average molecular weight is 302 g/mol. The first-order valence-corrected chi connectivity index (χ1v) is 7.37. The van der Waals surface area contributed by atoms with Gasteiger partial charge >= 0.3 is 0 Å². The SMILES string of the molecule is CC(C)n1cc(Oc2nc(CCl)cc3ccccc23)cn1. The Balaban J connectivity index is 2.02. The van der Waals surface area contributed by atoms with Gasteiger partial charge in [0.15, 0.2) is 5.75 Å². The summed E-state index contributed by atoms with van der Waals surface area (Å²) >= 11 is 5.91. The van der Waals surface area contributed by atoms with Gasteiger partial charge in [-0.2, -0.15) is 5.10 Å². The molecule has 0 amide bonds. The molecule has 0 aliphatic carbocycles. The Morgan fingerprint density at radius 3 is 2.81 bits per heavy atom. The van der Waals surface area contributed by atoms with Crippen LogP contribution in [0.3, 0.4) is 0 Å². The van der Waals surface area contributed by atoms with Crippen molar-refractivity contribution in [1.29, 1.82) is 0 Å². The lowest BCUT2D eigenvalue weighted by atomic mass is 10.1. The summed E-state index contributed by atoms with van der Waals surface area (Å²) in [5.41, 5.74) is 0.793. The van der Waals surface area contributed by atoms with Gasteiger partial charge in [-0.15, -0.1) is 11.6 Å². The van der Waals surface area contributed by atoms with E-state index in [1.54, 1.807) is 6.20 Å². The molecule has 0 fully saturated rings. The molecule has 0 bridgehead atoms. The van der Waals surface area contributed by atoms with Crippen molar-refractivity contribution in [3.63, 3.8) is 0 Å². The van der Waals surface area contributed by atoms with Crippen molar-refractivity contribution in [2.24, 2.45) is 0 Å². The Morgan fingerprint density at radius 2 is 2.10 bits per heavy atom. The third kappa shape index (κ3) is 2.85. The summed E-state index contributed by atoms with van der Waals surface area (Å²) in [5, 5.41) is 6.30. The highest BCUT2D eigenvalue weighted by atomic mass is 35.5. The minimum Gasteiger partial charge on any atom is -0.435 e. The van der Waals surface area contributed by atoms with Crippen molar-refractivity contribution in [2.75, 3.05) is 0 Å². The molecule has 3 rings (SSSR count). The number of ether oxygens (including phenoxy) is 1. The largest absolute Gasteiger partial charge is 0.435 e. The Hall–Kier alpha value is -2.07. The first-order chi connectivity index (χ1) is 10.2. The molecule has 5 heteroatoms. The molecular weight excluding hydrogens is 286 g/mol. The summed E-state index contributed by atoms with van der Waals surface area (Å²) in [6.07, 6.45) is 3.57. The molecule has 0 unspecified atom stereocenters. The zero-order chi connectivity index (χ0) is 14.8. The van der Waals surface area contributed by atoms with Crippen LogP contribution in [0.25, 0.3) is 10.8 Å². The van der Waals surface area contributed by atoms with E-state index in [-0.39, 0.29) is 0 Å². The van der Waals surface area contributed by atoms with Gasteiger partial charge in [0.1, 0.15) is 0 Å². The molecular formula is C16H16ClN3O. The lowest BCUT2D eigenvalue weighted by Crippen LogP contribution is -1.99. The Morgan fingerprint density at radius 1 is 1.29 bits per heavy atom. The number of halogens is 1. The molecule has 0 atom stereocenters. The number of aromatic nitrogens is 3. The molecule has 0 aliphatic heterocycles. The highest BCUT2D eigenvalue weighted by Gasteiger charge is 2.10. The van der Waals surface area contributed by atoms with Gasteiger partial charge in [0.2, 0.25) is 5.88 Å². The number of rotatable bonds is 4. The van der Waals surface area contributed by atoms with E-state index in [9.17, 15) is 0 Å². The Bertz CT molecular complexity index is 767. The lowest BCUT2D eigenvalue weighted by molar-refractivity contribution is 0.463. The monoisotopic (exact) mass is 301 g/mol. The van der Waals surface area contributed by atoms with Crippen molar-refractivity contribution in [3.05, 3.63) is 48.4 Å². The molecule has 2 heterocycles. The normalized spacial score (nSPS) is 11.2. The van der Waals surface area contributed by atoms with E-state index in [0.29, 0.717) is 23.6 Å². The molecule has 21 heavy (non-hydrogen) atoms. The van der Waals surface area contributed by atoms with Crippen molar-refractivity contribution >= 4 is 22.4 Å². The minimum atomic E-state index is 0.293. The van der Waals surface area contributed by atoms with Gasteiger partial charge < -0.3 is 4.74 Å². The fraction of sp³-hybridized carbons (Fsp3) is 0.250. The van der Waals surface area contributed by atoms with Gasteiger partial charge in [-0.3, -0.25) is 4.68 Å². The van der Waals surface area contributed by atoms with Crippen LogP contribution in [-0.4, -0.2) is 14.8 Å². The maximum Gasteiger partial charge on any atom is 0.227 e. The summed E-state index contributed by atoms with van der Waals surface area (Å²) in [6, 6.07) is 10.2. The van der Waals surface area contributed by atoms with E-state index in [0.717, 1.165) is 16.5 Å². The Labute approximate surface area is 128 Å². The number of hydrogen-bond acceptors (Lipinski definition) is 3. The number of alkyl halides is 1. The van der Waals surface area contributed by atoms with Crippen LogP contribution in [0, 0.1) is 0 Å². The quantitative estimate of drug-likeness (QED) is 0.664. The van der Waals surface area contributed by atoms with E-state index in [1.165, 1.54) is 0 Å². The molecule has 2 aromatic heterocycles. The van der Waals surface area contributed by atoms with Crippen molar-refractivity contribution in [2.45, 2.75) is 25.8 Å². The van der Waals surface area contributed by atoms with Crippen molar-refractivity contribution in [1.82, 2.24) is 14.8 Å². The molecule has 0 spiro atoms. The molecule has 1 aromatic carbocycles. The first-order valence-electron chi connectivity index (χ1n) is 6.84. The van der Waals surface area contributed by atoms with Gasteiger partial charge in [-0.1, -0.05) is 18.2 Å². The number of pyridine rings is 1. The van der Waals surface area contributed by atoms with Gasteiger partial charge in [0.05, 0.1) is 24.0 Å². The zero-order valence-electron chi connectivity index (χ0n) is 12.0. The standard InChI is InChI=1S/C16H16ClN3O/c1-11(2)20-10-14(9-18-20)21-16-15-6-4-3-5-12(15)7-13(8-17)19-16/h3-7,9-11H,8H2,1-2H3. The summed E-state index contributed by atoms with van der Waals surface area (Å²) in [5.74, 6) is 1.59. The number of benzene rings is 1. The van der Waals surface area contributed by atoms with Gasteiger partial charge in [0, 0.05) is 11.4 Å². The fourth-order valence-corrected chi connectivity index (χ4v) is 2.27. The summed E-state index contributed by atoms with van der Waals surface area (Å²) in [4.78, 5) is 4.48. The lowest BCUT2D eigenvalue weighted by Gasteiger charge is -2.08. The Kier molecular flexibility index (Phi) is 3.80. The van der Waals surface area contributed by atoms with Gasteiger partial charge in [-0.25, -0.2) is 4.98 Å². The number of hydrogen-bond donors (Lipinski definition) is 0. The van der Waals surface area contributed by atoms with Crippen LogP contribution in [0.15, 0.2) is 42.7 Å². The van der Waals surface area contributed by atoms with Crippen LogP contribution >= 0.6 is 11.6 Å². The van der Waals surface area contributed by atoms with Crippen LogP contribution in [-0.2, 0) is 5.88 Å². The summed E-state index contributed by atoms with van der Waals surface area (Å²) < 4.78 is 7.76. The zero-order valence-corrected chi connectivity index (χ0v) is 12.7. The van der Waals surface area contributed by atoms with Crippen LogP contribution in [0.5, 0.6) is 11.6 Å². The predicted octanol–water partition coefficient (Wildman–Crippen LogP) is 4.54. The molecule has 3 aromatic rings. The minimum absolute atomic E-state index is 0.293. The molecule has 0 radical (unpaired) electrons. The average Bonchev–Trinajstić information content (AvgIpc) is 2.96. The smallest absolute Gasteiger partial charge is 0.227 e. The number of fused-ring (bicyclic) bond motifs is 1. The van der Waals surface area contributed by atoms with Crippen LogP contribution in [0.4, 0.5) is 0 Å². The maximum atomic E-state index is 5.91. The van der Waals surface area contributed by atoms with Crippen LogP contribution in [0.1, 0.15) is 25.6 Å². The topological polar surface area (TPSA) is 39.9 Å². The summed E-state index contributed by atoms with van der Waals surface area (Å²) in [6.45, 7) is 4.14. The second-order valence-corrected chi connectivity index (χ2v) is 5.39. The highest BCUT2D eigenvalue weighted by Crippen LogP contribution is 2.29. The first kappa shape index (κ1) is 13.9. The van der Waals surface area contributed by atoms with E-state index in [4.69, 9.17) is 16.3 Å². The second kappa shape index (κ2) is 5.74. The third-order valence-electron chi connectivity index (χ3n) is 3.22. The molecule has 0 saturated carbocycles. The van der Waals surface area contributed by atoms with E-state index in [2.05, 4.69) is 23.9 Å². The van der Waals surface area contributed by atoms with Crippen molar-refractivity contribution in [3.8, 4) is 11.6 Å². The number of nitrogens with zero attached hydrogens (tertiary/aromatic N) is 3. The molecule has 0 aliphatic rings. The highest BCUT2D eigenvalue weighted by molar-refractivity contribution is 6.17. The molecule has 108 valence electrons. The predicted molar refractivity (Wildman–Crippen MR) is 84.0 cm³/mol. The molecule has 0 N–H and O–H groups in total.